The molecule has 0 aromatic heterocycles. The monoisotopic (exact) mass is 287 g/mol. The Bertz CT molecular complexity index is 322. The van der Waals surface area contributed by atoms with Gasteiger partial charge in [0, 0.05) is 12.2 Å². The molecule has 1 aromatic carbocycles. The molecule has 1 aromatic rings. The van der Waals surface area contributed by atoms with E-state index in [0.29, 0.717) is 27.3 Å². The number of aliphatic hydroxyl groups excluding tert-OH is 1. The third-order valence-electron chi connectivity index (χ3n) is 1.70. The number of alkyl halides is 1. The molecule has 0 saturated heterocycles. The Morgan fingerprint density at radius 1 is 1.20 bits per heavy atom. The van der Waals surface area contributed by atoms with Crippen LogP contribution in [0.3, 0.4) is 0 Å². The second-order valence-corrected chi connectivity index (χ2v) is 4.44. The lowest BCUT2D eigenvalue weighted by molar-refractivity contribution is 0.211. The van der Waals surface area contributed by atoms with Gasteiger partial charge in [0.25, 0.3) is 0 Å². The molecule has 0 aliphatic carbocycles. The van der Waals surface area contributed by atoms with Gasteiger partial charge in [0.15, 0.2) is 0 Å². The van der Waals surface area contributed by atoms with Gasteiger partial charge >= 0.3 is 0 Å². The van der Waals surface area contributed by atoms with Crippen molar-refractivity contribution in [1.82, 2.24) is 0 Å². The summed E-state index contributed by atoms with van der Waals surface area (Å²) in [7, 11) is 0. The lowest BCUT2D eigenvalue weighted by Crippen LogP contribution is -2.20. The molecule has 0 amide bonds. The maximum absolute atomic E-state index is 9.23. The summed E-state index contributed by atoms with van der Waals surface area (Å²) in [6.07, 6.45) is -0.611. The maximum atomic E-state index is 9.23. The fraction of sp³-hybridized carbons (Fsp3) is 0.333. The fourth-order valence-corrected chi connectivity index (χ4v) is 1.65. The first kappa shape index (κ1) is 13.2. The van der Waals surface area contributed by atoms with Crippen LogP contribution in [0.15, 0.2) is 12.1 Å². The zero-order valence-corrected chi connectivity index (χ0v) is 10.6. The highest BCUT2D eigenvalue weighted by Gasteiger charge is 2.07. The van der Waals surface area contributed by atoms with Gasteiger partial charge in [-0.3, -0.25) is 0 Å². The van der Waals surface area contributed by atoms with Gasteiger partial charge in [0.1, 0.15) is 0 Å². The smallest absolute Gasteiger partial charge is 0.0847 e. The van der Waals surface area contributed by atoms with Crippen molar-refractivity contribution >= 4 is 52.1 Å². The number of aliphatic hydroxyl groups is 1. The molecule has 0 fully saturated rings. The molecule has 0 aliphatic heterocycles. The van der Waals surface area contributed by atoms with Gasteiger partial charge in [-0.15, -0.1) is 11.6 Å². The summed E-state index contributed by atoms with van der Waals surface area (Å²) < 4.78 is 0. The number of benzene rings is 1. The minimum atomic E-state index is -0.611. The van der Waals surface area contributed by atoms with Crippen molar-refractivity contribution in [3.63, 3.8) is 0 Å². The number of anilines is 1. The molecule has 1 rings (SSSR count). The van der Waals surface area contributed by atoms with E-state index in [4.69, 9.17) is 46.4 Å². The van der Waals surface area contributed by atoms with E-state index in [1.165, 1.54) is 0 Å². The molecule has 2 N–H and O–H groups in total. The minimum Gasteiger partial charge on any atom is -0.390 e. The van der Waals surface area contributed by atoms with E-state index < -0.39 is 6.10 Å². The Balaban J connectivity index is 2.70. The van der Waals surface area contributed by atoms with Crippen molar-refractivity contribution in [1.29, 1.82) is 0 Å². The number of nitrogens with one attached hydrogen (secondary N) is 1. The topological polar surface area (TPSA) is 32.3 Å². The summed E-state index contributed by atoms with van der Waals surface area (Å²) in [5.41, 5.74) is 0.693. The number of rotatable bonds is 4. The van der Waals surface area contributed by atoms with Crippen molar-refractivity contribution in [3.8, 4) is 0 Å². The van der Waals surface area contributed by atoms with Crippen LogP contribution >= 0.6 is 46.4 Å². The Kier molecular flexibility index (Phi) is 5.30. The van der Waals surface area contributed by atoms with Crippen LogP contribution < -0.4 is 5.32 Å². The number of hydrogen-bond donors (Lipinski definition) is 2. The minimum absolute atomic E-state index is 0.169. The molecular formula is C9H9Cl4NO. The van der Waals surface area contributed by atoms with Crippen LogP contribution in [0.25, 0.3) is 0 Å². The van der Waals surface area contributed by atoms with Crippen LogP contribution in [-0.4, -0.2) is 23.6 Å². The van der Waals surface area contributed by atoms with E-state index in [9.17, 15) is 5.11 Å². The second kappa shape index (κ2) is 6.02. The number of hydrogen-bond acceptors (Lipinski definition) is 2. The van der Waals surface area contributed by atoms with Crippen molar-refractivity contribution in [2.45, 2.75) is 6.10 Å². The SMILES string of the molecule is OC(CCl)CNc1cc(Cl)c(Cl)c(Cl)c1. The highest BCUT2D eigenvalue weighted by atomic mass is 35.5. The van der Waals surface area contributed by atoms with Crippen LogP contribution in [-0.2, 0) is 0 Å². The molecule has 0 radical (unpaired) electrons. The molecule has 0 spiro atoms. The van der Waals surface area contributed by atoms with Crippen LogP contribution in [0, 0.1) is 0 Å². The molecule has 2 nitrogen and oxygen atoms in total. The molecule has 1 unspecified atom stereocenters. The Morgan fingerprint density at radius 3 is 2.20 bits per heavy atom. The summed E-state index contributed by atoms with van der Waals surface area (Å²) in [5, 5.41) is 13.2. The van der Waals surface area contributed by atoms with Gasteiger partial charge in [-0.2, -0.15) is 0 Å². The normalized spacial score (nSPS) is 12.6. The van der Waals surface area contributed by atoms with Crippen LogP contribution in [0.2, 0.25) is 15.1 Å². The predicted octanol–water partition coefficient (Wildman–Crippen LogP) is 3.66. The average Bonchev–Trinajstić information content (AvgIpc) is 2.22. The summed E-state index contributed by atoms with van der Waals surface area (Å²) in [5.74, 6) is 0.169. The zero-order chi connectivity index (χ0) is 11.4. The molecule has 0 aliphatic rings. The van der Waals surface area contributed by atoms with Crippen LogP contribution in [0.5, 0.6) is 0 Å². The summed E-state index contributed by atoms with van der Waals surface area (Å²) in [6, 6.07) is 3.27. The zero-order valence-electron chi connectivity index (χ0n) is 7.61. The van der Waals surface area contributed by atoms with E-state index in [0.717, 1.165) is 0 Å². The molecule has 6 heteroatoms. The molecular weight excluding hydrogens is 280 g/mol. The molecule has 0 bridgehead atoms. The van der Waals surface area contributed by atoms with Crippen molar-refractivity contribution in [3.05, 3.63) is 27.2 Å². The first-order valence-electron chi connectivity index (χ1n) is 4.17. The van der Waals surface area contributed by atoms with Gasteiger partial charge in [-0.1, -0.05) is 34.8 Å². The Morgan fingerprint density at radius 2 is 1.73 bits per heavy atom. The largest absolute Gasteiger partial charge is 0.390 e. The predicted molar refractivity (Wildman–Crippen MR) is 66.7 cm³/mol. The third kappa shape index (κ3) is 3.89. The fourth-order valence-electron chi connectivity index (χ4n) is 0.948. The van der Waals surface area contributed by atoms with Gasteiger partial charge in [0.05, 0.1) is 27.1 Å². The van der Waals surface area contributed by atoms with E-state index in [2.05, 4.69) is 5.32 Å². The quantitative estimate of drug-likeness (QED) is 0.655. The highest BCUT2D eigenvalue weighted by molar-refractivity contribution is 6.48. The summed E-state index contributed by atoms with van der Waals surface area (Å²) in [6.45, 7) is 0.331. The van der Waals surface area contributed by atoms with E-state index in [1.807, 2.05) is 0 Å². The van der Waals surface area contributed by atoms with Gasteiger partial charge in [-0.05, 0) is 12.1 Å². The van der Waals surface area contributed by atoms with E-state index in [-0.39, 0.29) is 5.88 Å². The van der Waals surface area contributed by atoms with Gasteiger partial charge in [-0.25, -0.2) is 0 Å². The maximum Gasteiger partial charge on any atom is 0.0847 e. The standard InChI is InChI=1S/C9H9Cl4NO/c10-3-6(15)4-14-5-1-7(11)9(13)8(12)2-5/h1-2,6,14-15H,3-4H2. The lowest BCUT2D eigenvalue weighted by Gasteiger charge is -2.11. The van der Waals surface area contributed by atoms with Gasteiger partial charge < -0.3 is 10.4 Å². The highest BCUT2D eigenvalue weighted by Crippen LogP contribution is 2.32. The third-order valence-corrected chi connectivity index (χ3v) is 3.26. The van der Waals surface area contributed by atoms with Crippen LogP contribution in [0.1, 0.15) is 0 Å². The first-order valence-corrected chi connectivity index (χ1v) is 5.84. The first-order chi connectivity index (χ1) is 7.04. The van der Waals surface area contributed by atoms with E-state index in [1.54, 1.807) is 12.1 Å². The molecule has 15 heavy (non-hydrogen) atoms. The average molecular weight is 289 g/mol. The summed E-state index contributed by atoms with van der Waals surface area (Å²) >= 11 is 22.9. The Hall–Kier alpha value is 0.140. The van der Waals surface area contributed by atoms with Crippen molar-refractivity contribution < 1.29 is 5.11 Å². The van der Waals surface area contributed by atoms with E-state index >= 15 is 0 Å². The molecule has 0 heterocycles. The van der Waals surface area contributed by atoms with Crippen molar-refractivity contribution in [2.24, 2.45) is 0 Å². The molecule has 0 saturated carbocycles. The number of halogens is 4. The van der Waals surface area contributed by atoms with Gasteiger partial charge in [0.2, 0.25) is 0 Å². The second-order valence-electron chi connectivity index (χ2n) is 2.94. The lowest BCUT2D eigenvalue weighted by atomic mass is 10.3. The Labute approximate surface area is 108 Å². The van der Waals surface area contributed by atoms with Crippen molar-refractivity contribution in [2.75, 3.05) is 17.7 Å². The van der Waals surface area contributed by atoms with Crippen LogP contribution in [0.4, 0.5) is 5.69 Å². The molecule has 1 atom stereocenters. The summed E-state index contributed by atoms with van der Waals surface area (Å²) in [4.78, 5) is 0. The molecule has 84 valence electrons.